The average molecular weight is 289 g/mol. The van der Waals surface area contributed by atoms with E-state index in [4.69, 9.17) is 9.47 Å². The molecule has 3 rings (SSSR count). The van der Waals surface area contributed by atoms with Gasteiger partial charge in [-0.05, 0) is 50.5 Å². The molecule has 1 aromatic heterocycles. The summed E-state index contributed by atoms with van der Waals surface area (Å²) in [6, 6.07) is 5.97. The van der Waals surface area contributed by atoms with Crippen molar-refractivity contribution in [3.63, 3.8) is 0 Å². The van der Waals surface area contributed by atoms with Crippen molar-refractivity contribution in [1.82, 2.24) is 4.98 Å². The van der Waals surface area contributed by atoms with E-state index in [-0.39, 0.29) is 11.8 Å². The maximum atomic E-state index is 13.4. The highest BCUT2D eigenvalue weighted by Gasteiger charge is 2.48. The molecule has 0 aliphatic heterocycles. The van der Waals surface area contributed by atoms with Crippen LogP contribution in [0.4, 0.5) is 4.39 Å². The van der Waals surface area contributed by atoms with Crippen LogP contribution in [0, 0.1) is 5.82 Å². The van der Waals surface area contributed by atoms with Gasteiger partial charge in [-0.3, -0.25) is 4.98 Å². The number of benzene rings is 1. The van der Waals surface area contributed by atoms with E-state index in [0.717, 1.165) is 6.42 Å². The summed E-state index contributed by atoms with van der Waals surface area (Å²) >= 11 is 0. The van der Waals surface area contributed by atoms with Crippen LogP contribution in [-0.2, 0) is 9.53 Å². The van der Waals surface area contributed by atoms with Crippen molar-refractivity contribution in [2.75, 3.05) is 6.61 Å². The van der Waals surface area contributed by atoms with Crippen LogP contribution >= 0.6 is 0 Å². The number of carbonyl (C=O) groups is 1. The quantitative estimate of drug-likeness (QED) is 0.811. The number of pyridine rings is 1. The van der Waals surface area contributed by atoms with Crippen LogP contribution in [0.3, 0.4) is 0 Å². The summed E-state index contributed by atoms with van der Waals surface area (Å²) in [5.74, 6) is -0.246. The zero-order valence-electron chi connectivity index (χ0n) is 11.8. The molecule has 21 heavy (non-hydrogen) atoms. The molecule has 1 aliphatic rings. The molecular weight excluding hydrogens is 273 g/mol. The van der Waals surface area contributed by atoms with Gasteiger partial charge in [0.1, 0.15) is 11.6 Å². The first kappa shape index (κ1) is 13.8. The van der Waals surface area contributed by atoms with Gasteiger partial charge in [-0.15, -0.1) is 0 Å². The third-order valence-electron chi connectivity index (χ3n) is 3.78. The van der Waals surface area contributed by atoms with Crippen molar-refractivity contribution in [2.24, 2.45) is 0 Å². The van der Waals surface area contributed by atoms with Gasteiger partial charge in [0.25, 0.3) is 0 Å². The Morgan fingerprint density at radius 1 is 1.38 bits per heavy atom. The summed E-state index contributed by atoms with van der Waals surface area (Å²) in [5.41, 5.74) is -0.302. The van der Waals surface area contributed by atoms with E-state index in [1.54, 1.807) is 25.3 Å². The number of hydrogen-bond acceptors (Lipinski definition) is 4. The summed E-state index contributed by atoms with van der Waals surface area (Å²) in [7, 11) is 0. The summed E-state index contributed by atoms with van der Waals surface area (Å²) in [6.07, 6.45) is 3.74. The third-order valence-corrected chi connectivity index (χ3v) is 3.78. The Labute approximate surface area is 121 Å². The minimum Gasteiger partial charge on any atom is -0.475 e. The van der Waals surface area contributed by atoms with Crippen LogP contribution in [0.5, 0.6) is 5.75 Å². The number of hydrogen-bond donors (Lipinski definition) is 0. The Bertz CT molecular complexity index is 682. The van der Waals surface area contributed by atoms with Crippen molar-refractivity contribution in [3.8, 4) is 5.75 Å². The van der Waals surface area contributed by atoms with Crippen molar-refractivity contribution in [2.45, 2.75) is 31.8 Å². The molecule has 2 aromatic rings. The van der Waals surface area contributed by atoms with Gasteiger partial charge in [0.2, 0.25) is 5.60 Å². The lowest BCUT2D eigenvalue weighted by molar-refractivity contribution is -0.169. The fourth-order valence-electron chi connectivity index (χ4n) is 2.50. The maximum Gasteiger partial charge on any atom is 0.350 e. The number of rotatable bonds is 4. The van der Waals surface area contributed by atoms with E-state index < -0.39 is 5.60 Å². The molecule has 0 atom stereocenters. The van der Waals surface area contributed by atoms with E-state index in [1.165, 1.54) is 12.1 Å². The van der Waals surface area contributed by atoms with Crippen molar-refractivity contribution >= 4 is 16.9 Å². The van der Waals surface area contributed by atoms with E-state index in [0.29, 0.717) is 36.1 Å². The van der Waals surface area contributed by atoms with E-state index in [2.05, 4.69) is 4.98 Å². The van der Waals surface area contributed by atoms with Crippen LogP contribution < -0.4 is 4.74 Å². The smallest absolute Gasteiger partial charge is 0.350 e. The maximum absolute atomic E-state index is 13.4. The molecule has 0 saturated heterocycles. The Morgan fingerprint density at radius 2 is 2.19 bits per heavy atom. The standard InChI is InChI=1S/C16H16FNO3/c1-2-20-15(19)16(7-3-8-16)21-14-6-9-18-13-5-4-11(17)10-12(13)14/h4-6,9-10H,2-3,7-8H2,1H3. The van der Waals surface area contributed by atoms with Crippen LogP contribution in [-0.4, -0.2) is 23.2 Å². The lowest BCUT2D eigenvalue weighted by Gasteiger charge is -2.39. The van der Waals surface area contributed by atoms with E-state index in [1.807, 2.05) is 0 Å². The summed E-state index contributed by atoms with van der Waals surface area (Å²) in [5, 5.41) is 0.563. The molecule has 0 unspecified atom stereocenters. The van der Waals surface area contributed by atoms with Crippen molar-refractivity contribution in [1.29, 1.82) is 0 Å². The van der Waals surface area contributed by atoms with Gasteiger partial charge in [0.15, 0.2) is 0 Å². The molecule has 4 nitrogen and oxygen atoms in total. The van der Waals surface area contributed by atoms with Gasteiger partial charge < -0.3 is 9.47 Å². The number of nitrogens with zero attached hydrogens (tertiary/aromatic N) is 1. The summed E-state index contributed by atoms with van der Waals surface area (Å²) in [6.45, 7) is 2.08. The first-order valence-electron chi connectivity index (χ1n) is 7.05. The minimum atomic E-state index is -0.934. The second-order valence-electron chi connectivity index (χ2n) is 5.14. The predicted molar refractivity (Wildman–Crippen MR) is 75.5 cm³/mol. The SMILES string of the molecule is CCOC(=O)C1(Oc2ccnc3ccc(F)cc23)CCC1. The van der Waals surface area contributed by atoms with Crippen LogP contribution in [0.25, 0.3) is 10.9 Å². The molecule has 0 bridgehead atoms. The second-order valence-corrected chi connectivity index (χ2v) is 5.14. The molecule has 0 N–H and O–H groups in total. The van der Waals surface area contributed by atoms with Gasteiger partial charge in [-0.1, -0.05) is 0 Å². The van der Waals surface area contributed by atoms with Gasteiger partial charge in [-0.25, -0.2) is 9.18 Å². The fourth-order valence-corrected chi connectivity index (χ4v) is 2.50. The third kappa shape index (κ3) is 2.44. The molecule has 1 aromatic carbocycles. The largest absolute Gasteiger partial charge is 0.475 e. The van der Waals surface area contributed by atoms with Gasteiger partial charge in [0, 0.05) is 11.6 Å². The van der Waals surface area contributed by atoms with E-state index >= 15 is 0 Å². The Morgan fingerprint density at radius 3 is 2.86 bits per heavy atom. The zero-order chi connectivity index (χ0) is 14.9. The van der Waals surface area contributed by atoms with E-state index in [9.17, 15) is 9.18 Å². The predicted octanol–water partition coefficient (Wildman–Crippen LogP) is 3.24. The van der Waals surface area contributed by atoms with Gasteiger partial charge >= 0.3 is 5.97 Å². The first-order valence-corrected chi connectivity index (χ1v) is 7.05. The molecule has 0 radical (unpaired) electrons. The zero-order valence-corrected chi connectivity index (χ0v) is 11.8. The molecule has 1 aliphatic carbocycles. The molecule has 1 fully saturated rings. The Kier molecular flexibility index (Phi) is 3.49. The number of halogens is 1. The summed E-state index contributed by atoms with van der Waals surface area (Å²) in [4.78, 5) is 16.3. The van der Waals surface area contributed by atoms with Crippen molar-refractivity contribution in [3.05, 3.63) is 36.3 Å². The van der Waals surface area contributed by atoms with Gasteiger partial charge in [0.05, 0.1) is 12.1 Å². The monoisotopic (exact) mass is 289 g/mol. The van der Waals surface area contributed by atoms with Crippen LogP contribution in [0.1, 0.15) is 26.2 Å². The molecule has 1 saturated carbocycles. The molecule has 110 valence electrons. The highest BCUT2D eigenvalue weighted by Crippen LogP contribution is 2.39. The number of esters is 1. The fraction of sp³-hybridized carbons (Fsp3) is 0.375. The first-order chi connectivity index (χ1) is 10.1. The number of carbonyl (C=O) groups excluding carboxylic acids is 1. The van der Waals surface area contributed by atoms with Crippen LogP contribution in [0.2, 0.25) is 0 Å². The number of aromatic nitrogens is 1. The molecule has 0 amide bonds. The van der Waals surface area contributed by atoms with Crippen LogP contribution in [0.15, 0.2) is 30.5 Å². The average Bonchev–Trinajstić information content (AvgIpc) is 2.43. The lowest BCUT2D eigenvalue weighted by atomic mass is 9.80. The Balaban J connectivity index is 1.97. The molecule has 5 heteroatoms. The minimum absolute atomic E-state index is 0.315. The molecular formula is C16H16FNO3. The molecule has 1 heterocycles. The molecule has 0 spiro atoms. The number of ether oxygens (including phenoxy) is 2. The highest BCUT2D eigenvalue weighted by molar-refractivity contribution is 5.86. The lowest BCUT2D eigenvalue weighted by Crippen LogP contribution is -2.51. The topological polar surface area (TPSA) is 48.4 Å². The summed E-state index contributed by atoms with van der Waals surface area (Å²) < 4.78 is 24.5. The van der Waals surface area contributed by atoms with Gasteiger partial charge in [-0.2, -0.15) is 0 Å². The second kappa shape index (κ2) is 5.31. The number of fused-ring (bicyclic) bond motifs is 1. The van der Waals surface area contributed by atoms with Crippen molar-refractivity contribution < 1.29 is 18.7 Å². The Hall–Kier alpha value is -2.17. The normalized spacial score (nSPS) is 16.3. The highest BCUT2D eigenvalue weighted by atomic mass is 19.1.